The molecule has 0 aliphatic rings. The monoisotopic (exact) mass is 358 g/mol. The number of amides is 1. The zero-order valence-corrected chi connectivity index (χ0v) is 15.0. The van der Waals surface area contributed by atoms with Crippen LogP contribution in [0.4, 0.5) is 0 Å². The van der Waals surface area contributed by atoms with Crippen LogP contribution < -0.4 is 10.0 Å². The van der Waals surface area contributed by atoms with Gasteiger partial charge in [-0.15, -0.1) is 6.58 Å². The predicted molar refractivity (Wildman–Crippen MR) is 99.0 cm³/mol. The van der Waals surface area contributed by atoms with Gasteiger partial charge in [0.15, 0.2) is 0 Å². The Morgan fingerprint density at radius 3 is 2.64 bits per heavy atom. The molecule has 0 saturated carbocycles. The molecule has 0 heterocycles. The Morgan fingerprint density at radius 2 is 1.92 bits per heavy atom. The molecule has 5 nitrogen and oxygen atoms in total. The number of nitrogens with one attached hydrogen (secondary N) is 2. The molecule has 2 N–H and O–H groups in total. The maximum atomic E-state index is 12.3. The summed E-state index contributed by atoms with van der Waals surface area (Å²) in [6.45, 7) is 6.12. The van der Waals surface area contributed by atoms with Gasteiger partial charge in [0.1, 0.15) is 0 Å². The Morgan fingerprint density at radius 1 is 1.16 bits per heavy atom. The van der Waals surface area contributed by atoms with E-state index in [2.05, 4.69) is 16.6 Å². The van der Waals surface area contributed by atoms with Crippen molar-refractivity contribution >= 4 is 15.9 Å². The summed E-state index contributed by atoms with van der Waals surface area (Å²) >= 11 is 0. The molecule has 1 amide bonds. The molecule has 0 fully saturated rings. The Bertz CT molecular complexity index is 860. The summed E-state index contributed by atoms with van der Waals surface area (Å²) in [4.78, 5) is 12.3. The van der Waals surface area contributed by atoms with Crippen LogP contribution in [0, 0.1) is 6.92 Å². The van der Waals surface area contributed by atoms with Crippen LogP contribution in [0.2, 0.25) is 0 Å². The van der Waals surface area contributed by atoms with E-state index in [-0.39, 0.29) is 17.3 Å². The molecule has 2 aromatic carbocycles. The second-order valence-corrected chi connectivity index (χ2v) is 7.37. The van der Waals surface area contributed by atoms with Crippen LogP contribution >= 0.6 is 0 Å². The van der Waals surface area contributed by atoms with Gasteiger partial charge in [-0.1, -0.05) is 36.4 Å². The van der Waals surface area contributed by atoms with Crippen LogP contribution in [0.3, 0.4) is 0 Å². The SMILES string of the molecule is C=CCNS(=O)(=O)c1cccc(C(=O)NCCc2ccccc2C)c1. The number of carbonyl (C=O) groups is 1. The van der Waals surface area contributed by atoms with E-state index >= 15 is 0 Å². The van der Waals surface area contributed by atoms with Gasteiger partial charge in [-0.05, 0) is 42.7 Å². The molecule has 25 heavy (non-hydrogen) atoms. The molecular weight excluding hydrogens is 336 g/mol. The van der Waals surface area contributed by atoms with Gasteiger partial charge in [0.25, 0.3) is 5.91 Å². The van der Waals surface area contributed by atoms with Gasteiger partial charge in [0.05, 0.1) is 4.90 Å². The summed E-state index contributed by atoms with van der Waals surface area (Å²) in [7, 11) is -3.65. The summed E-state index contributed by atoms with van der Waals surface area (Å²) in [5, 5.41) is 2.83. The number of hydrogen-bond donors (Lipinski definition) is 2. The summed E-state index contributed by atoms with van der Waals surface area (Å²) in [5.41, 5.74) is 2.66. The zero-order chi connectivity index (χ0) is 18.3. The average Bonchev–Trinajstić information content (AvgIpc) is 2.61. The van der Waals surface area contributed by atoms with Crippen molar-refractivity contribution in [2.75, 3.05) is 13.1 Å². The lowest BCUT2D eigenvalue weighted by atomic mass is 10.1. The van der Waals surface area contributed by atoms with Crippen molar-refractivity contribution in [3.8, 4) is 0 Å². The van der Waals surface area contributed by atoms with Crippen molar-refractivity contribution in [3.63, 3.8) is 0 Å². The summed E-state index contributed by atoms with van der Waals surface area (Å²) in [6, 6.07) is 14.0. The molecule has 6 heteroatoms. The van der Waals surface area contributed by atoms with Crippen LogP contribution in [-0.2, 0) is 16.4 Å². The molecule has 0 bridgehead atoms. The summed E-state index contributed by atoms with van der Waals surface area (Å²) in [5.74, 6) is -0.297. The Hall–Kier alpha value is -2.44. The maximum Gasteiger partial charge on any atom is 0.251 e. The Labute approximate surface area is 148 Å². The Kier molecular flexibility index (Phi) is 6.50. The van der Waals surface area contributed by atoms with Gasteiger partial charge in [-0.25, -0.2) is 13.1 Å². The third-order valence-electron chi connectivity index (χ3n) is 3.77. The highest BCUT2D eigenvalue weighted by molar-refractivity contribution is 7.89. The highest BCUT2D eigenvalue weighted by atomic mass is 32.2. The number of rotatable bonds is 8. The van der Waals surface area contributed by atoms with Crippen LogP contribution in [0.1, 0.15) is 21.5 Å². The quantitative estimate of drug-likeness (QED) is 0.712. The minimum atomic E-state index is -3.65. The van der Waals surface area contributed by atoms with E-state index in [0.717, 1.165) is 6.42 Å². The molecule has 0 unspecified atom stereocenters. The molecule has 0 saturated heterocycles. The molecule has 0 aromatic heterocycles. The molecule has 0 aliphatic heterocycles. The average molecular weight is 358 g/mol. The normalized spacial score (nSPS) is 11.1. The topological polar surface area (TPSA) is 75.3 Å². The lowest BCUT2D eigenvalue weighted by Gasteiger charge is -2.09. The fourth-order valence-electron chi connectivity index (χ4n) is 2.36. The zero-order valence-electron chi connectivity index (χ0n) is 14.2. The van der Waals surface area contributed by atoms with Crippen molar-refractivity contribution < 1.29 is 13.2 Å². The number of carbonyl (C=O) groups excluding carboxylic acids is 1. The van der Waals surface area contributed by atoms with Crippen molar-refractivity contribution in [1.82, 2.24) is 10.0 Å². The third kappa shape index (κ3) is 5.27. The third-order valence-corrected chi connectivity index (χ3v) is 5.19. The lowest BCUT2D eigenvalue weighted by Crippen LogP contribution is -2.27. The smallest absolute Gasteiger partial charge is 0.251 e. The van der Waals surface area contributed by atoms with Crippen molar-refractivity contribution in [2.45, 2.75) is 18.2 Å². The molecule has 0 radical (unpaired) electrons. The fourth-order valence-corrected chi connectivity index (χ4v) is 3.40. The first-order valence-electron chi connectivity index (χ1n) is 7.97. The van der Waals surface area contributed by atoms with Crippen molar-refractivity contribution in [3.05, 3.63) is 77.9 Å². The van der Waals surface area contributed by atoms with E-state index in [4.69, 9.17) is 0 Å². The molecule has 0 atom stereocenters. The molecule has 132 valence electrons. The second kappa shape index (κ2) is 8.60. The van der Waals surface area contributed by atoms with Gasteiger partial charge in [0.2, 0.25) is 10.0 Å². The second-order valence-electron chi connectivity index (χ2n) is 5.60. The largest absolute Gasteiger partial charge is 0.352 e. The number of benzene rings is 2. The highest BCUT2D eigenvalue weighted by Crippen LogP contribution is 2.12. The first kappa shape index (κ1) is 18.9. The van der Waals surface area contributed by atoms with Gasteiger partial charge < -0.3 is 5.32 Å². The first-order chi connectivity index (χ1) is 11.9. The van der Waals surface area contributed by atoms with Crippen LogP contribution in [-0.4, -0.2) is 27.4 Å². The van der Waals surface area contributed by atoms with Gasteiger partial charge in [0, 0.05) is 18.7 Å². The van der Waals surface area contributed by atoms with E-state index in [1.165, 1.54) is 29.3 Å². The van der Waals surface area contributed by atoms with Crippen LogP contribution in [0.5, 0.6) is 0 Å². The predicted octanol–water partition coefficient (Wildman–Crippen LogP) is 2.43. The van der Waals surface area contributed by atoms with Gasteiger partial charge in [-0.2, -0.15) is 0 Å². The lowest BCUT2D eigenvalue weighted by molar-refractivity contribution is 0.0954. The summed E-state index contributed by atoms with van der Waals surface area (Å²) in [6.07, 6.45) is 2.18. The number of hydrogen-bond acceptors (Lipinski definition) is 3. The molecule has 0 aliphatic carbocycles. The molecular formula is C19H22N2O3S. The highest BCUT2D eigenvalue weighted by Gasteiger charge is 2.15. The molecule has 2 rings (SSSR count). The van der Waals surface area contributed by atoms with Crippen LogP contribution in [0.25, 0.3) is 0 Å². The Balaban J connectivity index is 2.01. The first-order valence-corrected chi connectivity index (χ1v) is 9.45. The minimum Gasteiger partial charge on any atom is -0.352 e. The molecule has 2 aromatic rings. The van der Waals surface area contributed by atoms with Gasteiger partial charge in [-0.3, -0.25) is 4.79 Å². The van der Waals surface area contributed by atoms with E-state index in [1.54, 1.807) is 12.1 Å². The standard InChI is InChI=1S/C19H22N2O3S/c1-3-12-21-25(23,24)18-10-6-9-17(14-18)19(22)20-13-11-16-8-5-4-7-15(16)2/h3-10,14,21H,1,11-13H2,2H3,(H,20,22). The number of sulfonamides is 1. The van der Waals surface area contributed by atoms with E-state index < -0.39 is 10.0 Å². The van der Waals surface area contributed by atoms with E-state index in [9.17, 15) is 13.2 Å². The summed E-state index contributed by atoms with van der Waals surface area (Å²) < 4.78 is 26.6. The maximum absolute atomic E-state index is 12.3. The number of aryl methyl sites for hydroxylation is 1. The fraction of sp³-hybridized carbons (Fsp3) is 0.211. The van der Waals surface area contributed by atoms with Crippen LogP contribution in [0.15, 0.2) is 66.1 Å². The minimum absolute atomic E-state index is 0.0564. The van der Waals surface area contributed by atoms with Gasteiger partial charge >= 0.3 is 0 Å². The van der Waals surface area contributed by atoms with Crippen molar-refractivity contribution in [2.24, 2.45) is 0 Å². The van der Waals surface area contributed by atoms with E-state index in [1.807, 2.05) is 31.2 Å². The van der Waals surface area contributed by atoms with Crippen molar-refractivity contribution in [1.29, 1.82) is 0 Å². The van der Waals surface area contributed by atoms with E-state index in [0.29, 0.717) is 12.1 Å². The molecule has 0 spiro atoms.